The molecule has 23 heavy (non-hydrogen) atoms. The molecule has 0 atom stereocenters. The van der Waals surface area contributed by atoms with E-state index in [0.29, 0.717) is 25.9 Å². The van der Waals surface area contributed by atoms with Gasteiger partial charge < -0.3 is 10.0 Å². The van der Waals surface area contributed by atoms with Crippen LogP contribution < -0.4 is 4.90 Å². The molecule has 5 heteroatoms. The van der Waals surface area contributed by atoms with Gasteiger partial charge in [0.15, 0.2) is 5.82 Å². The second-order valence-corrected chi connectivity index (χ2v) is 6.25. The van der Waals surface area contributed by atoms with E-state index in [1.165, 1.54) is 11.1 Å². The number of carbonyl (C=O) groups is 1. The molecule has 0 radical (unpaired) electrons. The number of nitrogens with zero attached hydrogens (tertiary/aromatic N) is 3. The summed E-state index contributed by atoms with van der Waals surface area (Å²) < 4.78 is 0. The fraction of sp³-hybridized carbons (Fsp3) is 0.389. The summed E-state index contributed by atoms with van der Waals surface area (Å²) in [7, 11) is 0. The number of aliphatic carboxylic acids is 1. The molecule has 1 saturated heterocycles. The zero-order valence-electron chi connectivity index (χ0n) is 13.5. The van der Waals surface area contributed by atoms with E-state index in [4.69, 9.17) is 5.11 Å². The molecule has 0 spiro atoms. The fourth-order valence-corrected chi connectivity index (χ4v) is 3.13. The van der Waals surface area contributed by atoms with Crippen LogP contribution in [0.15, 0.2) is 30.3 Å². The number of hydrogen-bond donors (Lipinski definition) is 1. The molecule has 0 saturated carbocycles. The van der Waals surface area contributed by atoms with Crippen LogP contribution in [-0.2, 0) is 4.79 Å². The van der Waals surface area contributed by atoms with Crippen molar-refractivity contribution >= 4 is 11.8 Å². The van der Waals surface area contributed by atoms with Crippen molar-refractivity contribution in [3.05, 3.63) is 41.5 Å². The summed E-state index contributed by atoms with van der Waals surface area (Å²) >= 11 is 0. The third-order valence-corrected chi connectivity index (χ3v) is 4.34. The Hall–Kier alpha value is -2.43. The van der Waals surface area contributed by atoms with Gasteiger partial charge in [0.05, 0.1) is 11.6 Å². The Balaban J connectivity index is 1.74. The predicted octanol–water partition coefficient (Wildman–Crippen LogP) is 3.06. The standard InChI is InChI=1S/C18H21N3O2/c1-12-9-13(2)11-15(10-12)16-3-4-17(20-19-16)21-7-5-14(6-8-21)18(22)23/h3-4,9-11,14H,5-8H2,1-2H3,(H,22,23). The molecule has 2 aromatic rings. The summed E-state index contributed by atoms with van der Waals surface area (Å²) in [5.74, 6) is -0.100. The van der Waals surface area contributed by atoms with E-state index < -0.39 is 5.97 Å². The fourth-order valence-electron chi connectivity index (χ4n) is 3.13. The van der Waals surface area contributed by atoms with Crippen LogP contribution in [0.1, 0.15) is 24.0 Å². The SMILES string of the molecule is Cc1cc(C)cc(-c2ccc(N3CCC(C(=O)O)CC3)nn2)c1. The number of rotatable bonds is 3. The minimum absolute atomic E-state index is 0.228. The minimum Gasteiger partial charge on any atom is -0.481 e. The van der Waals surface area contributed by atoms with Crippen molar-refractivity contribution in [2.45, 2.75) is 26.7 Å². The van der Waals surface area contributed by atoms with Gasteiger partial charge in [-0.15, -0.1) is 10.2 Å². The molecule has 1 fully saturated rings. The van der Waals surface area contributed by atoms with E-state index in [2.05, 4.69) is 47.1 Å². The number of anilines is 1. The molecule has 1 aliphatic heterocycles. The molecule has 1 aromatic heterocycles. The lowest BCUT2D eigenvalue weighted by Crippen LogP contribution is -2.36. The highest BCUT2D eigenvalue weighted by Crippen LogP contribution is 2.24. The highest BCUT2D eigenvalue weighted by molar-refractivity contribution is 5.70. The minimum atomic E-state index is -0.694. The summed E-state index contributed by atoms with van der Waals surface area (Å²) in [6, 6.07) is 10.3. The normalized spacial score (nSPS) is 15.7. The van der Waals surface area contributed by atoms with Gasteiger partial charge in [-0.1, -0.05) is 17.2 Å². The Morgan fingerprint density at radius 2 is 1.74 bits per heavy atom. The lowest BCUT2D eigenvalue weighted by Gasteiger charge is -2.30. The number of aromatic nitrogens is 2. The monoisotopic (exact) mass is 311 g/mol. The number of benzene rings is 1. The molecule has 1 aromatic carbocycles. The summed E-state index contributed by atoms with van der Waals surface area (Å²) in [5, 5.41) is 17.7. The van der Waals surface area contributed by atoms with Crippen LogP contribution in [0.5, 0.6) is 0 Å². The van der Waals surface area contributed by atoms with Crippen LogP contribution in [0.4, 0.5) is 5.82 Å². The van der Waals surface area contributed by atoms with Crippen molar-refractivity contribution < 1.29 is 9.90 Å². The molecular weight excluding hydrogens is 290 g/mol. The van der Waals surface area contributed by atoms with Crippen molar-refractivity contribution in [2.24, 2.45) is 5.92 Å². The van der Waals surface area contributed by atoms with Crippen molar-refractivity contribution in [1.82, 2.24) is 10.2 Å². The number of carboxylic acids is 1. The van der Waals surface area contributed by atoms with Gasteiger partial charge in [-0.25, -0.2) is 0 Å². The summed E-state index contributed by atoms with van der Waals surface area (Å²) in [5.41, 5.74) is 4.36. The van der Waals surface area contributed by atoms with Crippen molar-refractivity contribution in [3.8, 4) is 11.3 Å². The molecule has 0 bridgehead atoms. The Morgan fingerprint density at radius 3 is 2.26 bits per heavy atom. The smallest absolute Gasteiger partial charge is 0.306 e. The first-order valence-corrected chi connectivity index (χ1v) is 7.93. The predicted molar refractivity (Wildman–Crippen MR) is 89.5 cm³/mol. The van der Waals surface area contributed by atoms with Gasteiger partial charge in [0.2, 0.25) is 0 Å². The molecule has 0 unspecified atom stereocenters. The van der Waals surface area contributed by atoms with E-state index in [1.54, 1.807) is 0 Å². The van der Waals surface area contributed by atoms with Crippen molar-refractivity contribution in [3.63, 3.8) is 0 Å². The number of piperidine rings is 1. The third-order valence-electron chi connectivity index (χ3n) is 4.34. The van der Waals surface area contributed by atoms with Crippen molar-refractivity contribution in [1.29, 1.82) is 0 Å². The Kier molecular flexibility index (Phi) is 4.28. The van der Waals surface area contributed by atoms with E-state index in [9.17, 15) is 4.79 Å². The first-order chi connectivity index (χ1) is 11.0. The molecule has 5 nitrogen and oxygen atoms in total. The van der Waals surface area contributed by atoms with Gasteiger partial charge in [0.1, 0.15) is 0 Å². The molecule has 1 aliphatic rings. The van der Waals surface area contributed by atoms with Crippen LogP contribution in [0.2, 0.25) is 0 Å². The lowest BCUT2D eigenvalue weighted by molar-refractivity contribution is -0.142. The molecule has 120 valence electrons. The van der Waals surface area contributed by atoms with E-state index >= 15 is 0 Å². The largest absolute Gasteiger partial charge is 0.481 e. The van der Waals surface area contributed by atoms with Gasteiger partial charge in [0.25, 0.3) is 0 Å². The van der Waals surface area contributed by atoms with Crippen LogP contribution >= 0.6 is 0 Å². The van der Waals surface area contributed by atoms with Crippen LogP contribution in [0, 0.1) is 19.8 Å². The zero-order chi connectivity index (χ0) is 16.4. The van der Waals surface area contributed by atoms with Gasteiger partial charge in [-0.05, 0) is 51.0 Å². The van der Waals surface area contributed by atoms with E-state index in [1.807, 2.05) is 12.1 Å². The van der Waals surface area contributed by atoms with Crippen LogP contribution in [-0.4, -0.2) is 34.4 Å². The van der Waals surface area contributed by atoms with E-state index in [0.717, 1.165) is 17.1 Å². The number of hydrogen-bond acceptors (Lipinski definition) is 4. The molecule has 0 aliphatic carbocycles. The van der Waals surface area contributed by atoms with E-state index in [-0.39, 0.29) is 5.92 Å². The van der Waals surface area contributed by atoms with Gasteiger partial charge in [0, 0.05) is 18.7 Å². The summed E-state index contributed by atoms with van der Waals surface area (Å²) in [6.45, 7) is 5.58. The Labute approximate surface area is 136 Å². The number of carboxylic acid groups (broad SMARTS) is 1. The molecular formula is C18H21N3O2. The van der Waals surface area contributed by atoms with Crippen LogP contribution in [0.3, 0.4) is 0 Å². The molecule has 2 heterocycles. The maximum absolute atomic E-state index is 11.0. The second kappa shape index (κ2) is 6.36. The second-order valence-electron chi connectivity index (χ2n) is 6.25. The number of aryl methyl sites for hydroxylation is 2. The quantitative estimate of drug-likeness (QED) is 0.943. The summed E-state index contributed by atoms with van der Waals surface area (Å²) in [4.78, 5) is 13.1. The average Bonchev–Trinajstić information content (AvgIpc) is 2.54. The van der Waals surface area contributed by atoms with Gasteiger partial charge in [-0.3, -0.25) is 4.79 Å². The highest BCUT2D eigenvalue weighted by Gasteiger charge is 2.25. The highest BCUT2D eigenvalue weighted by atomic mass is 16.4. The first-order valence-electron chi connectivity index (χ1n) is 7.93. The zero-order valence-corrected chi connectivity index (χ0v) is 13.5. The molecule has 1 N–H and O–H groups in total. The van der Waals surface area contributed by atoms with Crippen LogP contribution in [0.25, 0.3) is 11.3 Å². The third kappa shape index (κ3) is 3.50. The lowest BCUT2D eigenvalue weighted by atomic mass is 9.97. The van der Waals surface area contributed by atoms with Gasteiger partial charge >= 0.3 is 5.97 Å². The Morgan fingerprint density at radius 1 is 1.09 bits per heavy atom. The summed E-state index contributed by atoms with van der Waals surface area (Å²) in [6.07, 6.45) is 1.33. The molecule has 3 rings (SSSR count). The first kappa shape index (κ1) is 15.5. The maximum atomic E-state index is 11.0. The topological polar surface area (TPSA) is 66.3 Å². The Bertz CT molecular complexity index is 684. The maximum Gasteiger partial charge on any atom is 0.306 e. The van der Waals surface area contributed by atoms with Crippen molar-refractivity contribution in [2.75, 3.05) is 18.0 Å². The average molecular weight is 311 g/mol. The molecule has 0 amide bonds. The van der Waals surface area contributed by atoms with Gasteiger partial charge in [-0.2, -0.15) is 0 Å².